The Morgan fingerprint density at radius 1 is 1.41 bits per heavy atom. The lowest BCUT2D eigenvalue weighted by molar-refractivity contribution is -0.137. The van der Waals surface area contributed by atoms with E-state index in [0.717, 1.165) is 38.2 Å². The molecular formula is C12H18N4O. The Hall–Kier alpha value is -1.36. The van der Waals surface area contributed by atoms with Crippen molar-refractivity contribution in [3.05, 3.63) is 18.2 Å². The zero-order chi connectivity index (χ0) is 11.8. The van der Waals surface area contributed by atoms with Crippen LogP contribution in [0.4, 0.5) is 0 Å². The summed E-state index contributed by atoms with van der Waals surface area (Å²) in [6.07, 6.45) is 6.78. The Labute approximate surface area is 101 Å². The summed E-state index contributed by atoms with van der Waals surface area (Å²) in [5.41, 5.74) is 5.99. The van der Waals surface area contributed by atoms with Crippen molar-refractivity contribution in [1.29, 1.82) is 0 Å². The molecule has 2 unspecified atom stereocenters. The number of hydrogen-bond donors (Lipinski definition) is 1. The van der Waals surface area contributed by atoms with E-state index in [-0.39, 0.29) is 17.9 Å². The minimum atomic E-state index is 0.0384. The van der Waals surface area contributed by atoms with Crippen molar-refractivity contribution < 1.29 is 4.79 Å². The predicted octanol–water partition coefficient (Wildman–Crippen LogP) is 0.353. The van der Waals surface area contributed by atoms with Crippen LogP contribution < -0.4 is 5.73 Å². The lowest BCUT2D eigenvalue weighted by Gasteiger charge is -2.30. The maximum Gasteiger partial charge on any atom is 0.227 e. The molecule has 0 saturated heterocycles. The first-order chi connectivity index (χ1) is 8.25. The number of aromatic nitrogens is 2. The van der Waals surface area contributed by atoms with Gasteiger partial charge in [-0.2, -0.15) is 0 Å². The van der Waals surface area contributed by atoms with Gasteiger partial charge in [-0.3, -0.25) is 4.79 Å². The lowest BCUT2D eigenvalue weighted by Crippen LogP contribution is -2.45. The highest BCUT2D eigenvalue weighted by Gasteiger charge is 2.34. The van der Waals surface area contributed by atoms with Crippen molar-refractivity contribution in [2.75, 3.05) is 6.54 Å². The molecular weight excluding hydrogens is 216 g/mol. The summed E-state index contributed by atoms with van der Waals surface area (Å²) >= 11 is 0. The average Bonchev–Trinajstić information content (AvgIpc) is 2.95. The van der Waals surface area contributed by atoms with Gasteiger partial charge in [0.15, 0.2) is 0 Å². The lowest BCUT2D eigenvalue weighted by atomic mass is 10.0. The quantitative estimate of drug-likeness (QED) is 0.762. The number of nitrogens with zero attached hydrogens (tertiary/aromatic N) is 3. The summed E-state index contributed by atoms with van der Waals surface area (Å²) in [4.78, 5) is 18.5. The van der Waals surface area contributed by atoms with Crippen LogP contribution in [-0.2, 0) is 17.9 Å². The highest BCUT2D eigenvalue weighted by molar-refractivity contribution is 5.80. The molecule has 5 heteroatoms. The van der Waals surface area contributed by atoms with E-state index in [1.54, 1.807) is 6.20 Å². The van der Waals surface area contributed by atoms with E-state index in [4.69, 9.17) is 5.73 Å². The topological polar surface area (TPSA) is 64.2 Å². The molecule has 0 aromatic carbocycles. The Kier molecular flexibility index (Phi) is 2.63. The molecule has 1 aliphatic carbocycles. The molecule has 1 fully saturated rings. The first-order valence-corrected chi connectivity index (χ1v) is 6.30. The van der Waals surface area contributed by atoms with Crippen molar-refractivity contribution >= 4 is 5.91 Å². The summed E-state index contributed by atoms with van der Waals surface area (Å²) in [6.45, 7) is 2.27. The standard InChI is InChI=1S/C12H18N4O/c13-10-3-1-2-9(10)12(17)16-7-6-15-5-4-14-11(15)8-16/h4-5,9-10H,1-3,6-8,13H2. The summed E-state index contributed by atoms with van der Waals surface area (Å²) in [7, 11) is 0. The van der Waals surface area contributed by atoms with Gasteiger partial charge in [0, 0.05) is 31.5 Å². The minimum Gasteiger partial charge on any atom is -0.333 e. The van der Waals surface area contributed by atoms with Crippen LogP contribution in [0.15, 0.2) is 12.4 Å². The van der Waals surface area contributed by atoms with Gasteiger partial charge in [-0.15, -0.1) is 0 Å². The van der Waals surface area contributed by atoms with Crippen LogP contribution in [0.1, 0.15) is 25.1 Å². The fourth-order valence-electron chi connectivity index (χ4n) is 2.89. The fourth-order valence-corrected chi connectivity index (χ4v) is 2.89. The third-order valence-electron chi connectivity index (χ3n) is 3.94. The summed E-state index contributed by atoms with van der Waals surface area (Å²) in [6, 6.07) is 0.0594. The molecule has 2 aliphatic rings. The molecule has 2 heterocycles. The van der Waals surface area contributed by atoms with Gasteiger partial charge in [-0.1, -0.05) is 6.42 Å². The van der Waals surface area contributed by atoms with Crippen molar-refractivity contribution in [3.63, 3.8) is 0 Å². The molecule has 2 atom stereocenters. The largest absolute Gasteiger partial charge is 0.333 e. The van der Waals surface area contributed by atoms with Crippen molar-refractivity contribution in [3.8, 4) is 0 Å². The first kappa shape index (κ1) is 10.8. The summed E-state index contributed by atoms with van der Waals surface area (Å²) < 4.78 is 2.11. The van der Waals surface area contributed by atoms with E-state index >= 15 is 0 Å². The highest BCUT2D eigenvalue weighted by Crippen LogP contribution is 2.27. The van der Waals surface area contributed by atoms with Crippen LogP contribution in [-0.4, -0.2) is 32.9 Å². The molecule has 3 rings (SSSR count). The highest BCUT2D eigenvalue weighted by atomic mass is 16.2. The fraction of sp³-hybridized carbons (Fsp3) is 0.667. The summed E-state index contributed by atoms with van der Waals surface area (Å²) in [5, 5.41) is 0. The van der Waals surface area contributed by atoms with Crippen molar-refractivity contribution in [1.82, 2.24) is 14.5 Å². The second-order valence-electron chi connectivity index (χ2n) is 5.00. The minimum absolute atomic E-state index is 0.0384. The number of fused-ring (bicyclic) bond motifs is 1. The van der Waals surface area contributed by atoms with Crippen LogP contribution in [0, 0.1) is 5.92 Å². The first-order valence-electron chi connectivity index (χ1n) is 6.30. The molecule has 0 bridgehead atoms. The number of hydrogen-bond acceptors (Lipinski definition) is 3. The van der Waals surface area contributed by atoms with Crippen LogP contribution in [0.2, 0.25) is 0 Å². The Morgan fingerprint density at radius 3 is 3.06 bits per heavy atom. The van der Waals surface area contributed by atoms with E-state index in [9.17, 15) is 4.79 Å². The number of imidazole rings is 1. The van der Waals surface area contributed by atoms with E-state index in [0.29, 0.717) is 6.54 Å². The van der Waals surface area contributed by atoms with E-state index < -0.39 is 0 Å². The average molecular weight is 234 g/mol. The molecule has 1 saturated carbocycles. The molecule has 1 amide bonds. The zero-order valence-electron chi connectivity index (χ0n) is 9.88. The predicted molar refractivity (Wildman–Crippen MR) is 63.0 cm³/mol. The van der Waals surface area contributed by atoms with Gasteiger partial charge in [0.2, 0.25) is 5.91 Å². The Balaban J connectivity index is 1.72. The maximum absolute atomic E-state index is 12.4. The molecule has 1 aromatic rings. The van der Waals surface area contributed by atoms with Gasteiger partial charge in [-0.05, 0) is 12.8 Å². The van der Waals surface area contributed by atoms with Crippen LogP contribution in [0.5, 0.6) is 0 Å². The normalized spacial score (nSPS) is 28.2. The van der Waals surface area contributed by atoms with Gasteiger partial charge in [0.1, 0.15) is 5.82 Å². The third kappa shape index (κ3) is 1.84. The van der Waals surface area contributed by atoms with Crippen LogP contribution in [0.3, 0.4) is 0 Å². The second kappa shape index (κ2) is 4.14. The molecule has 5 nitrogen and oxygen atoms in total. The maximum atomic E-state index is 12.4. The van der Waals surface area contributed by atoms with Crippen molar-refractivity contribution in [2.24, 2.45) is 11.7 Å². The van der Waals surface area contributed by atoms with E-state index in [1.165, 1.54) is 0 Å². The third-order valence-corrected chi connectivity index (χ3v) is 3.94. The molecule has 2 N–H and O–H groups in total. The number of nitrogens with two attached hydrogens (primary N) is 1. The van der Waals surface area contributed by atoms with Gasteiger partial charge in [0.25, 0.3) is 0 Å². The van der Waals surface area contributed by atoms with Gasteiger partial charge < -0.3 is 15.2 Å². The molecule has 1 aliphatic heterocycles. The molecule has 0 spiro atoms. The summed E-state index contributed by atoms with van der Waals surface area (Å²) in [5.74, 6) is 1.25. The van der Waals surface area contributed by atoms with Crippen LogP contribution in [0.25, 0.3) is 0 Å². The number of carbonyl (C=O) groups is 1. The number of rotatable bonds is 1. The second-order valence-corrected chi connectivity index (χ2v) is 5.00. The van der Waals surface area contributed by atoms with Crippen molar-refractivity contribution in [2.45, 2.75) is 38.4 Å². The number of carbonyl (C=O) groups excluding carboxylic acids is 1. The smallest absolute Gasteiger partial charge is 0.227 e. The Bertz CT molecular complexity index is 428. The monoisotopic (exact) mass is 234 g/mol. The van der Waals surface area contributed by atoms with E-state index in [1.807, 2.05) is 11.1 Å². The molecule has 92 valence electrons. The van der Waals surface area contributed by atoms with Crippen LogP contribution >= 0.6 is 0 Å². The van der Waals surface area contributed by atoms with Gasteiger partial charge >= 0.3 is 0 Å². The Morgan fingerprint density at radius 2 is 2.29 bits per heavy atom. The molecule has 0 radical (unpaired) electrons. The van der Waals surface area contributed by atoms with Gasteiger partial charge in [-0.25, -0.2) is 4.98 Å². The SMILES string of the molecule is NC1CCCC1C(=O)N1CCn2ccnc2C1. The molecule has 1 aromatic heterocycles. The zero-order valence-corrected chi connectivity index (χ0v) is 9.88. The van der Waals surface area contributed by atoms with Gasteiger partial charge in [0.05, 0.1) is 12.5 Å². The van der Waals surface area contributed by atoms with E-state index in [2.05, 4.69) is 9.55 Å². The number of amides is 1. The molecule has 17 heavy (non-hydrogen) atoms.